The monoisotopic (exact) mass is 431 g/mol. The highest BCUT2D eigenvalue weighted by Crippen LogP contribution is 2.38. The molecule has 0 saturated heterocycles. The minimum atomic E-state index is -0.628. The van der Waals surface area contributed by atoms with Crippen LogP contribution in [0.2, 0.25) is 0 Å². The van der Waals surface area contributed by atoms with Crippen LogP contribution in [0.4, 0.5) is 5.69 Å². The summed E-state index contributed by atoms with van der Waals surface area (Å²) in [6.07, 6.45) is 0. The minimum absolute atomic E-state index is 0.104. The zero-order valence-electron chi connectivity index (χ0n) is 18.1. The maximum atomic E-state index is 12.9. The third kappa shape index (κ3) is 5.65. The molecule has 0 aliphatic rings. The summed E-state index contributed by atoms with van der Waals surface area (Å²) in [5.41, 5.74) is 0.640. The topological polar surface area (TPSA) is 109 Å². The molecule has 0 aliphatic heterocycles. The van der Waals surface area contributed by atoms with E-state index in [1.54, 1.807) is 13.8 Å². The van der Waals surface area contributed by atoms with Crippen LogP contribution < -0.4 is 19.5 Å². The van der Waals surface area contributed by atoms with Crippen molar-refractivity contribution in [2.75, 3.05) is 39.9 Å². The Hall–Kier alpha value is -3.75. The van der Waals surface area contributed by atoms with E-state index in [4.69, 9.17) is 23.7 Å². The van der Waals surface area contributed by atoms with Gasteiger partial charge < -0.3 is 29.0 Å². The van der Waals surface area contributed by atoms with Crippen molar-refractivity contribution < 1.29 is 38.1 Å². The van der Waals surface area contributed by atoms with Gasteiger partial charge in [0.2, 0.25) is 5.75 Å². The first-order valence-corrected chi connectivity index (χ1v) is 9.49. The van der Waals surface area contributed by atoms with Gasteiger partial charge in [-0.15, -0.1) is 0 Å². The van der Waals surface area contributed by atoms with Gasteiger partial charge in [-0.25, -0.2) is 9.59 Å². The molecule has 0 aliphatic carbocycles. The van der Waals surface area contributed by atoms with Crippen molar-refractivity contribution in [2.45, 2.75) is 13.8 Å². The lowest BCUT2D eigenvalue weighted by molar-refractivity contribution is 0.0525. The number of ether oxygens (including phenoxy) is 5. The first-order chi connectivity index (χ1) is 14.9. The maximum Gasteiger partial charge on any atom is 0.338 e. The molecule has 9 nitrogen and oxygen atoms in total. The number of benzene rings is 2. The van der Waals surface area contributed by atoms with E-state index in [9.17, 15) is 14.4 Å². The van der Waals surface area contributed by atoms with Crippen LogP contribution in [0.15, 0.2) is 30.3 Å². The number of nitrogens with one attached hydrogen (secondary N) is 1. The molecule has 0 atom stereocenters. The molecule has 31 heavy (non-hydrogen) atoms. The van der Waals surface area contributed by atoms with Crippen molar-refractivity contribution in [2.24, 2.45) is 0 Å². The van der Waals surface area contributed by atoms with Gasteiger partial charge in [-0.1, -0.05) is 0 Å². The lowest BCUT2D eigenvalue weighted by Crippen LogP contribution is -2.15. The number of esters is 2. The van der Waals surface area contributed by atoms with Crippen LogP contribution in [-0.4, -0.2) is 52.4 Å². The van der Waals surface area contributed by atoms with Crippen molar-refractivity contribution >= 4 is 23.5 Å². The molecule has 0 unspecified atom stereocenters. The van der Waals surface area contributed by atoms with Crippen molar-refractivity contribution in [3.63, 3.8) is 0 Å². The minimum Gasteiger partial charge on any atom is -0.493 e. The molecule has 0 bridgehead atoms. The largest absolute Gasteiger partial charge is 0.493 e. The second-order valence-corrected chi connectivity index (χ2v) is 6.11. The van der Waals surface area contributed by atoms with Crippen LogP contribution in [-0.2, 0) is 9.47 Å². The van der Waals surface area contributed by atoms with Gasteiger partial charge in [0.1, 0.15) is 0 Å². The second kappa shape index (κ2) is 10.9. The molecule has 0 spiro atoms. The third-order valence-electron chi connectivity index (χ3n) is 4.14. The second-order valence-electron chi connectivity index (χ2n) is 6.11. The average molecular weight is 431 g/mol. The molecule has 0 fully saturated rings. The molecule has 0 aromatic heterocycles. The number of hydrogen-bond donors (Lipinski definition) is 1. The third-order valence-corrected chi connectivity index (χ3v) is 4.14. The Morgan fingerprint density at radius 2 is 1.19 bits per heavy atom. The Morgan fingerprint density at radius 1 is 0.710 bits per heavy atom. The van der Waals surface area contributed by atoms with Crippen LogP contribution in [0.3, 0.4) is 0 Å². The Morgan fingerprint density at radius 3 is 1.58 bits per heavy atom. The standard InChI is InChI=1S/C22H25NO8/c1-6-30-21(25)14-8-15(22(26)31-7-2)10-16(9-14)23-20(24)13-11-17(27-3)19(29-5)18(12-13)28-4/h8-12H,6-7H2,1-5H3,(H,23,24). The van der Waals surface area contributed by atoms with E-state index in [-0.39, 0.29) is 35.6 Å². The fourth-order valence-corrected chi connectivity index (χ4v) is 2.78. The SMILES string of the molecule is CCOC(=O)c1cc(NC(=O)c2cc(OC)c(OC)c(OC)c2)cc(C(=O)OCC)c1. The Balaban J connectivity index is 2.43. The van der Waals surface area contributed by atoms with Crippen molar-refractivity contribution in [3.05, 3.63) is 47.0 Å². The van der Waals surface area contributed by atoms with Crippen molar-refractivity contribution in [1.82, 2.24) is 0 Å². The summed E-state index contributed by atoms with van der Waals surface area (Å²) in [5.74, 6) is -0.821. The highest BCUT2D eigenvalue weighted by Gasteiger charge is 2.19. The van der Waals surface area contributed by atoms with Gasteiger partial charge in [0.05, 0.1) is 45.7 Å². The molecule has 0 radical (unpaired) electrons. The van der Waals surface area contributed by atoms with Crippen LogP contribution in [0.25, 0.3) is 0 Å². The summed E-state index contributed by atoms with van der Waals surface area (Å²) in [5, 5.41) is 2.67. The Bertz CT molecular complexity index is 909. The smallest absolute Gasteiger partial charge is 0.338 e. The first-order valence-electron chi connectivity index (χ1n) is 9.49. The molecule has 166 valence electrons. The summed E-state index contributed by atoms with van der Waals surface area (Å²) >= 11 is 0. The van der Waals surface area contributed by atoms with Crippen LogP contribution in [0.5, 0.6) is 17.2 Å². The van der Waals surface area contributed by atoms with Crippen LogP contribution in [0.1, 0.15) is 44.9 Å². The molecule has 2 rings (SSSR count). The van der Waals surface area contributed by atoms with E-state index in [1.165, 1.54) is 51.7 Å². The van der Waals surface area contributed by atoms with Crippen molar-refractivity contribution in [1.29, 1.82) is 0 Å². The Kier molecular flexibility index (Phi) is 8.25. The van der Waals surface area contributed by atoms with E-state index in [2.05, 4.69) is 5.32 Å². The van der Waals surface area contributed by atoms with Gasteiger partial charge in [0, 0.05) is 11.3 Å². The zero-order chi connectivity index (χ0) is 23.0. The lowest BCUT2D eigenvalue weighted by Gasteiger charge is -2.14. The van der Waals surface area contributed by atoms with Gasteiger partial charge in [0.25, 0.3) is 5.91 Å². The van der Waals surface area contributed by atoms with E-state index in [1.807, 2.05) is 0 Å². The quantitative estimate of drug-likeness (QED) is 0.602. The number of carbonyl (C=O) groups is 3. The average Bonchev–Trinajstić information content (AvgIpc) is 2.77. The Labute approximate surface area is 180 Å². The van der Waals surface area contributed by atoms with Gasteiger partial charge in [-0.05, 0) is 44.2 Å². The molecular weight excluding hydrogens is 406 g/mol. The van der Waals surface area contributed by atoms with E-state index >= 15 is 0 Å². The summed E-state index contributed by atoms with van der Waals surface area (Å²) in [6.45, 7) is 3.66. The van der Waals surface area contributed by atoms with E-state index < -0.39 is 17.8 Å². The van der Waals surface area contributed by atoms with Crippen LogP contribution in [0, 0.1) is 0 Å². The fraction of sp³-hybridized carbons (Fsp3) is 0.318. The van der Waals surface area contributed by atoms with Gasteiger partial charge in [0.15, 0.2) is 11.5 Å². The normalized spacial score (nSPS) is 10.1. The molecule has 1 N–H and O–H groups in total. The van der Waals surface area contributed by atoms with Crippen molar-refractivity contribution in [3.8, 4) is 17.2 Å². The van der Waals surface area contributed by atoms with Gasteiger partial charge >= 0.3 is 11.9 Å². The molecule has 0 heterocycles. The molecule has 1 amide bonds. The van der Waals surface area contributed by atoms with E-state index in [0.717, 1.165) is 0 Å². The predicted molar refractivity (Wildman–Crippen MR) is 112 cm³/mol. The number of anilines is 1. The van der Waals surface area contributed by atoms with Crippen LogP contribution >= 0.6 is 0 Å². The number of rotatable bonds is 9. The number of hydrogen-bond acceptors (Lipinski definition) is 8. The predicted octanol–water partition coefficient (Wildman–Crippen LogP) is 3.32. The maximum absolute atomic E-state index is 12.9. The zero-order valence-corrected chi connectivity index (χ0v) is 18.1. The highest BCUT2D eigenvalue weighted by atomic mass is 16.5. The van der Waals surface area contributed by atoms with Gasteiger partial charge in [-0.3, -0.25) is 4.79 Å². The van der Waals surface area contributed by atoms with Gasteiger partial charge in [-0.2, -0.15) is 0 Å². The molecular formula is C22H25NO8. The van der Waals surface area contributed by atoms with E-state index in [0.29, 0.717) is 17.2 Å². The molecule has 0 saturated carbocycles. The lowest BCUT2D eigenvalue weighted by atomic mass is 10.1. The number of carbonyl (C=O) groups excluding carboxylic acids is 3. The number of methoxy groups -OCH3 is 3. The molecule has 2 aromatic rings. The molecule has 9 heteroatoms. The molecule has 2 aromatic carbocycles. The fourth-order valence-electron chi connectivity index (χ4n) is 2.78. The summed E-state index contributed by atoms with van der Waals surface area (Å²) in [4.78, 5) is 37.2. The number of amides is 1. The summed E-state index contributed by atoms with van der Waals surface area (Å²) < 4.78 is 25.8. The highest BCUT2D eigenvalue weighted by molar-refractivity contribution is 6.06. The first kappa shape index (κ1) is 23.5. The summed E-state index contributed by atoms with van der Waals surface area (Å²) in [7, 11) is 4.33. The summed E-state index contributed by atoms with van der Waals surface area (Å²) in [6, 6.07) is 7.15.